The minimum absolute atomic E-state index is 0.00767. The van der Waals surface area contributed by atoms with Crippen molar-refractivity contribution in [3.05, 3.63) is 83.3 Å². The van der Waals surface area contributed by atoms with Gasteiger partial charge in [-0.3, -0.25) is 4.79 Å². The van der Waals surface area contributed by atoms with Crippen molar-refractivity contribution in [1.29, 1.82) is 0 Å². The fraction of sp³-hybridized carbons (Fsp3) is 0.292. The molecule has 0 radical (unpaired) electrons. The molecule has 0 heterocycles. The molecule has 1 aliphatic rings. The van der Waals surface area contributed by atoms with Gasteiger partial charge >= 0.3 is 6.18 Å². The lowest BCUT2D eigenvalue weighted by Gasteiger charge is -2.26. The number of alkyl halides is 4. The number of halogens is 4. The van der Waals surface area contributed by atoms with Crippen LogP contribution in [0.2, 0.25) is 0 Å². The number of nitrogens with one attached hydrogen (secondary N) is 1. The van der Waals surface area contributed by atoms with Gasteiger partial charge in [-0.15, -0.1) is 11.6 Å². The quantitative estimate of drug-likeness (QED) is 0.497. The molecule has 176 valence electrons. The molecule has 0 saturated carbocycles. The lowest BCUT2D eigenvalue weighted by molar-refractivity contribution is -0.122. The van der Waals surface area contributed by atoms with E-state index in [9.17, 15) is 18.0 Å². The molecule has 5 nitrogen and oxygen atoms in total. The molecule has 2 aromatic rings. The van der Waals surface area contributed by atoms with Crippen LogP contribution in [0.25, 0.3) is 11.1 Å². The molecule has 1 unspecified atom stereocenters. The van der Waals surface area contributed by atoms with Crippen LogP contribution in [0.4, 0.5) is 13.2 Å². The molecule has 0 aliphatic heterocycles. The summed E-state index contributed by atoms with van der Waals surface area (Å²) in [7, 11) is 0. The Labute approximate surface area is 194 Å². The lowest BCUT2D eigenvalue weighted by Crippen LogP contribution is -2.43. The molecule has 33 heavy (non-hydrogen) atoms. The van der Waals surface area contributed by atoms with Crippen LogP contribution < -0.4 is 11.1 Å². The Hall–Kier alpha value is -2.81. The van der Waals surface area contributed by atoms with E-state index in [1.54, 1.807) is 0 Å². The van der Waals surface area contributed by atoms with Crippen LogP contribution in [0, 0.1) is 0 Å². The second-order valence-corrected chi connectivity index (χ2v) is 8.08. The van der Waals surface area contributed by atoms with E-state index in [2.05, 4.69) is 5.32 Å². The number of allylic oxidation sites excluding steroid dienone is 4. The lowest BCUT2D eigenvalue weighted by atomic mass is 10.0. The van der Waals surface area contributed by atoms with Crippen molar-refractivity contribution in [2.75, 3.05) is 13.2 Å². The molecule has 0 fully saturated rings. The maximum Gasteiger partial charge on any atom is 0.419 e. The van der Waals surface area contributed by atoms with Gasteiger partial charge in [0.25, 0.3) is 0 Å². The number of nitrogens with two attached hydrogens (primary N) is 1. The predicted molar refractivity (Wildman–Crippen MR) is 120 cm³/mol. The van der Waals surface area contributed by atoms with Crippen LogP contribution in [-0.2, 0) is 16.0 Å². The van der Waals surface area contributed by atoms with Gasteiger partial charge in [0.2, 0.25) is 5.91 Å². The van der Waals surface area contributed by atoms with E-state index < -0.39 is 35.7 Å². The van der Waals surface area contributed by atoms with Gasteiger partial charge in [-0.1, -0.05) is 54.6 Å². The van der Waals surface area contributed by atoms with E-state index in [4.69, 9.17) is 27.2 Å². The number of carbonyl (C=O) groups excluding carboxylic acids is 1. The molecule has 2 atom stereocenters. The highest BCUT2D eigenvalue weighted by Crippen LogP contribution is 2.38. The molecule has 0 saturated heterocycles. The summed E-state index contributed by atoms with van der Waals surface area (Å²) in [6, 6.07) is 16.3. The van der Waals surface area contributed by atoms with Gasteiger partial charge in [-0.2, -0.15) is 13.2 Å². The Morgan fingerprint density at radius 1 is 1.15 bits per heavy atom. The van der Waals surface area contributed by atoms with Gasteiger partial charge in [0, 0.05) is 18.5 Å². The minimum Gasteiger partial charge on any atom is -0.495 e. The Balaban J connectivity index is 1.69. The van der Waals surface area contributed by atoms with Gasteiger partial charge in [-0.05, 0) is 22.8 Å². The highest BCUT2D eigenvalue weighted by atomic mass is 35.5. The van der Waals surface area contributed by atoms with Gasteiger partial charge < -0.3 is 20.9 Å². The molecular weight excluding hydrogens is 457 g/mol. The van der Waals surface area contributed by atoms with Gasteiger partial charge in [0.05, 0.1) is 24.2 Å². The molecule has 0 bridgehead atoms. The molecule has 2 aromatic carbocycles. The molecule has 0 aromatic heterocycles. The molecule has 3 rings (SSSR count). The summed E-state index contributed by atoms with van der Waals surface area (Å²) >= 11 is 6.19. The average molecular weight is 481 g/mol. The summed E-state index contributed by atoms with van der Waals surface area (Å²) in [6.07, 6.45) is -3.61. The van der Waals surface area contributed by atoms with Crippen LogP contribution >= 0.6 is 11.6 Å². The third-order valence-electron chi connectivity index (χ3n) is 5.10. The fourth-order valence-corrected chi connectivity index (χ4v) is 3.69. The van der Waals surface area contributed by atoms with Crippen molar-refractivity contribution in [3.63, 3.8) is 0 Å². The first-order chi connectivity index (χ1) is 15.7. The van der Waals surface area contributed by atoms with E-state index in [0.717, 1.165) is 22.8 Å². The number of hydrogen-bond acceptors (Lipinski definition) is 4. The largest absolute Gasteiger partial charge is 0.495 e. The second kappa shape index (κ2) is 10.9. The number of rotatable bonds is 8. The van der Waals surface area contributed by atoms with Crippen molar-refractivity contribution in [1.82, 2.24) is 5.32 Å². The Morgan fingerprint density at radius 3 is 2.39 bits per heavy atom. The van der Waals surface area contributed by atoms with Crippen molar-refractivity contribution in [3.8, 4) is 11.1 Å². The standard InChI is InChI=1S/C24H24ClF3N2O3/c25-20-13-18(30-23(32)21(29)14-31)12-19(24(26,27)28)22(20)33-11-10-15-6-8-17(9-7-15)16-4-2-1-3-5-16/h1-9,12,20-21,31H,10-11,13-14,29H2,(H,30,32)/t20?,21-/m0/s1. The van der Waals surface area contributed by atoms with Crippen LogP contribution in [0.1, 0.15) is 12.0 Å². The van der Waals surface area contributed by atoms with Gasteiger partial charge in [0.1, 0.15) is 11.8 Å². The zero-order valence-corrected chi connectivity index (χ0v) is 18.4. The number of hydrogen-bond donors (Lipinski definition) is 3. The van der Waals surface area contributed by atoms with Crippen molar-refractivity contribution < 1.29 is 27.8 Å². The number of carbonyl (C=O) groups is 1. The molecule has 0 spiro atoms. The van der Waals surface area contributed by atoms with Crippen molar-refractivity contribution in [2.24, 2.45) is 5.73 Å². The van der Waals surface area contributed by atoms with Gasteiger partial charge in [-0.25, -0.2) is 0 Å². The Kier molecular flexibility index (Phi) is 8.18. The number of aliphatic hydroxyl groups excluding tert-OH is 1. The molecule has 1 amide bonds. The number of aliphatic hydroxyl groups is 1. The first-order valence-electron chi connectivity index (χ1n) is 10.3. The van der Waals surface area contributed by atoms with Crippen LogP contribution in [-0.4, -0.2) is 41.8 Å². The monoisotopic (exact) mass is 480 g/mol. The number of ether oxygens (including phenoxy) is 1. The van der Waals surface area contributed by atoms with Gasteiger partial charge in [0.15, 0.2) is 0 Å². The summed E-state index contributed by atoms with van der Waals surface area (Å²) < 4.78 is 46.4. The Morgan fingerprint density at radius 2 is 1.79 bits per heavy atom. The van der Waals surface area contributed by atoms with E-state index in [1.807, 2.05) is 54.6 Å². The number of amides is 1. The van der Waals surface area contributed by atoms with Crippen LogP contribution in [0.5, 0.6) is 0 Å². The maximum absolute atomic E-state index is 13.6. The summed E-state index contributed by atoms with van der Waals surface area (Å²) in [5.74, 6) is -1.17. The number of benzene rings is 2. The van der Waals surface area contributed by atoms with Crippen molar-refractivity contribution >= 4 is 17.5 Å². The maximum atomic E-state index is 13.6. The third-order valence-corrected chi connectivity index (χ3v) is 5.45. The predicted octanol–water partition coefficient (Wildman–Crippen LogP) is 4.06. The topological polar surface area (TPSA) is 84.6 Å². The summed E-state index contributed by atoms with van der Waals surface area (Å²) in [5.41, 5.74) is 7.32. The third kappa shape index (κ3) is 6.60. The highest BCUT2D eigenvalue weighted by Gasteiger charge is 2.40. The highest BCUT2D eigenvalue weighted by molar-refractivity contribution is 6.22. The van der Waals surface area contributed by atoms with E-state index in [0.29, 0.717) is 6.42 Å². The first kappa shape index (κ1) is 24.8. The van der Waals surface area contributed by atoms with Crippen LogP contribution in [0.3, 0.4) is 0 Å². The van der Waals surface area contributed by atoms with E-state index in [1.165, 1.54) is 0 Å². The molecule has 1 aliphatic carbocycles. The summed E-state index contributed by atoms with van der Waals surface area (Å²) in [6.45, 7) is -0.625. The zero-order chi connectivity index (χ0) is 24.0. The van der Waals surface area contributed by atoms with E-state index in [-0.39, 0.29) is 24.5 Å². The van der Waals surface area contributed by atoms with E-state index >= 15 is 0 Å². The fourth-order valence-electron chi connectivity index (χ4n) is 3.34. The summed E-state index contributed by atoms with van der Waals surface area (Å²) in [4.78, 5) is 11.8. The van der Waals surface area contributed by atoms with Crippen LogP contribution in [0.15, 0.2) is 77.7 Å². The molecular formula is C24H24ClF3N2O3. The zero-order valence-electron chi connectivity index (χ0n) is 17.6. The van der Waals surface area contributed by atoms with Crippen molar-refractivity contribution in [2.45, 2.75) is 30.4 Å². The molecule has 4 N–H and O–H groups in total. The SMILES string of the molecule is N[C@@H](CO)C(=O)NC1=CC(C(F)(F)F)=C(OCCc2ccc(-c3ccccc3)cc2)C(Cl)C1. The normalized spacial score (nSPS) is 17.4. The Bertz CT molecular complexity index is 1020. The molecule has 9 heteroatoms. The smallest absolute Gasteiger partial charge is 0.419 e. The minimum atomic E-state index is -4.73. The second-order valence-electron chi connectivity index (χ2n) is 7.56. The first-order valence-corrected chi connectivity index (χ1v) is 10.7. The average Bonchev–Trinajstić information content (AvgIpc) is 2.80. The summed E-state index contributed by atoms with van der Waals surface area (Å²) in [5, 5.41) is 10.1.